The number of aryl methyl sites for hydroxylation is 1. The number of nitrogens with zero attached hydrogens (tertiary/aromatic N) is 4. The summed E-state index contributed by atoms with van der Waals surface area (Å²) < 4.78 is 2.11. The van der Waals surface area contributed by atoms with Gasteiger partial charge in [0, 0.05) is 67.6 Å². The molecule has 7 heteroatoms. The number of rotatable bonds is 2. The number of carbonyl (C=O) groups is 1. The SMILES string of the molecule is CC.CC.CCC(=O)N1CCc2c(c3c(-c4cncnc4)cc(Cl)c(Cl)c3n2C)C1. The van der Waals surface area contributed by atoms with E-state index >= 15 is 0 Å². The molecule has 1 aromatic carbocycles. The third-order valence-electron chi connectivity index (χ3n) is 5.08. The van der Waals surface area contributed by atoms with Gasteiger partial charge in [-0.2, -0.15) is 0 Å². The first-order valence-corrected chi connectivity index (χ1v) is 11.3. The lowest BCUT2D eigenvalue weighted by Gasteiger charge is -2.28. The Labute approximate surface area is 189 Å². The van der Waals surface area contributed by atoms with Gasteiger partial charge in [0.25, 0.3) is 0 Å². The van der Waals surface area contributed by atoms with Crippen molar-refractivity contribution in [3.8, 4) is 11.1 Å². The summed E-state index contributed by atoms with van der Waals surface area (Å²) in [4.78, 5) is 22.4. The highest BCUT2D eigenvalue weighted by Crippen LogP contribution is 2.43. The van der Waals surface area contributed by atoms with Crippen molar-refractivity contribution in [1.82, 2.24) is 19.4 Å². The summed E-state index contributed by atoms with van der Waals surface area (Å²) in [5.74, 6) is 0.164. The molecule has 0 aliphatic carbocycles. The maximum atomic E-state index is 12.2. The van der Waals surface area contributed by atoms with E-state index < -0.39 is 0 Å². The topological polar surface area (TPSA) is 51.0 Å². The highest BCUT2D eigenvalue weighted by atomic mass is 35.5. The molecule has 0 fully saturated rings. The van der Waals surface area contributed by atoms with Gasteiger partial charge in [0.2, 0.25) is 5.91 Å². The number of hydrogen-bond acceptors (Lipinski definition) is 3. The van der Waals surface area contributed by atoms with Crippen LogP contribution in [-0.2, 0) is 24.8 Å². The second kappa shape index (κ2) is 10.8. The summed E-state index contributed by atoms with van der Waals surface area (Å²) in [5.41, 5.74) is 5.05. The molecular weight excluding hydrogens is 419 g/mol. The van der Waals surface area contributed by atoms with Crippen LogP contribution in [0.15, 0.2) is 24.8 Å². The van der Waals surface area contributed by atoms with E-state index in [1.54, 1.807) is 12.4 Å². The predicted molar refractivity (Wildman–Crippen MR) is 126 cm³/mol. The molecule has 0 bridgehead atoms. The number of aromatic nitrogens is 3. The van der Waals surface area contributed by atoms with Crippen molar-refractivity contribution in [2.24, 2.45) is 7.05 Å². The molecule has 0 N–H and O–H groups in total. The van der Waals surface area contributed by atoms with Crippen molar-refractivity contribution in [2.75, 3.05) is 6.54 Å². The van der Waals surface area contributed by atoms with Gasteiger partial charge in [-0.3, -0.25) is 4.79 Å². The van der Waals surface area contributed by atoms with Gasteiger partial charge in [0.15, 0.2) is 0 Å². The fraction of sp³-hybridized carbons (Fsp3) is 0.435. The van der Waals surface area contributed by atoms with E-state index in [9.17, 15) is 4.79 Å². The molecule has 162 valence electrons. The minimum Gasteiger partial charge on any atom is -0.346 e. The lowest BCUT2D eigenvalue weighted by molar-refractivity contribution is -0.131. The molecule has 4 rings (SSSR count). The molecule has 5 nitrogen and oxygen atoms in total. The lowest BCUT2D eigenvalue weighted by Crippen LogP contribution is -2.35. The van der Waals surface area contributed by atoms with E-state index in [0.29, 0.717) is 23.0 Å². The van der Waals surface area contributed by atoms with E-state index in [4.69, 9.17) is 23.2 Å². The molecule has 2 aromatic heterocycles. The van der Waals surface area contributed by atoms with Gasteiger partial charge >= 0.3 is 0 Å². The van der Waals surface area contributed by atoms with Crippen LogP contribution in [0, 0.1) is 0 Å². The molecule has 0 saturated heterocycles. The highest BCUT2D eigenvalue weighted by molar-refractivity contribution is 6.45. The van der Waals surface area contributed by atoms with Crippen molar-refractivity contribution >= 4 is 40.0 Å². The van der Waals surface area contributed by atoms with Crippen LogP contribution in [0.5, 0.6) is 0 Å². The normalized spacial score (nSPS) is 12.5. The summed E-state index contributed by atoms with van der Waals surface area (Å²) in [5, 5.41) is 2.06. The summed E-state index contributed by atoms with van der Waals surface area (Å²) >= 11 is 13.0. The average Bonchev–Trinajstić information content (AvgIpc) is 3.11. The number of carbonyl (C=O) groups excluding carboxylic acids is 1. The van der Waals surface area contributed by atoms with E-state index in [2.05, 4.69) is 14.5 Å². The van der Waals surface area contributed by atoms with Gasteiger partial charge < -0.3 is 9.47 Å². The van der Waals surface area contributed by atoms with Gasteiger partial charge in [-0.25, -0.2) is 9.97 Å². The lowest BCUT2D eigenvalue weighted by atomic mass is 9.97. The van der Waals surface area contributed by atoms with Crippen molar-refractivity contribution < 1.29 is 4.79 Å². The molecule has 3 aromatic rings. The van der Waals surface area contributed by atoms with Crippen LogP contribution in [0.4, 0.5) is 0 Å². The molecule has 1 aliphatic heterocycles. The first kappa shape index (κ1) is 24.2. The van der Waals surface area contributed by atoms with Crippen LogP contribution < -0.4 is 0 Å². The van der Waals surface area contributed by atoms with Crippen LogP contribution in [0.2, 0.25) is 10.0 Å². The minimum atomic E-state index is 0.164. The average molecular weight is 449 g/mol. The van der Waals surface area contributed by atoms with Crippen LogP contribution in [0.25, 0.3) is 22.0 Å². The molecule has 0 saturated carbocycles. The third-order valence-corrected chi connectivity index (χ3v) is 5.86. The zero-order chi connectivity index (χ0) is 22.4. The fourth-order valence-electron chi connectivity index (χ4n) is 3.82. The zero-order valence-corrected chi connectivity index (χ0v) is 20.1. The van der Waals surface area contributed by atoms with Gasteiger partial charge in [0.05, 0.1) is 15.6 Å². The number of halogens is 2. The number of amides is 1. The predicted octanol–water partition coefficient (Wildman–Crippen LogP) is 6.29. The fourth-order valence-corrected chi connectivity index (χ4v) is 4.29. The van der Waals surface area contributed by atoms with E-state index in [1.807, 2.05) is 52.6 Å². The Morgan fingerprint density at radius 3 is 2.37 bits per heavy atom. The Bertz CT molecular complexity index is 1020. The molecule has 0 radical (unpaired) electrons. The number of fused-ring (bicyclic) bond motifs is 3. The van der Waals surface area contributed by atoms with Gasteiger partial charge in [0.1, 0.15) is 6.33 Å². The first-order chi connectivity index (χ1) is 14.5. The molecule has 30 heavy (non-hydrogen) atoms. The van der Waals surface area contributed by atoms with Crippen LogP contribution in [0.3, 0.4) is 0 Å². The Kier molecular flexibility index (Phi) is 8.68. The summed E-state index contributed by atoms with van der Waals surface area (Å²) in [7, 11) is 2.01. The van der Waals surface area contributed by atoms with E-state index in [-0.39, 0.29) is 5.91 Å². The zero-order valence-electron chi connectivity index (χ0n) is 18.6. The van der Waals surface area contributed by atoms with Crippen LogP contribution >= 0.6 is 23.2 Å². The third kappa shape index (κ3) is 4.33. The van der Waals surface area contributed by atoms with Crippen LogP contribution in [0.1, 0.15) is 52.3 Å². The Balaban J connectivity index is 0.000000757. The molecule has 0 atom stereocenters. The monoisotopic (exact) mass is 448 g/mol. The van der Waals surface area contributed by atoms with Gasteiger partial charge in [-0.1, -0.05) is 57.8 Å². The summed E-state index contributed by atoms with van der Waals surface area (Å²) in [6.45, 7) is 11.2. The smallest absolute Gasteiger partial charge is 0.222 e. The summed E-state index contributed by atoms with van der Waals surface area (Å²) in [6, 6.07) is 1.87. The Morgan fingerprint density at radius 2 is 1.77 bits per heavy atom. The Morgan fingerprint density at radius 1 is 1.13 bits per heavy atom. The second-order valence-corrected chi connectivity index (χ2v) is 7.26. The largest absolute Gasteiger partial charge is 0.346 e. The van der Waals surface area contributed by atoms with Gasteiger partial charge in [-0.15, -0.1) is 0 Å². The number of hydrogen-bond donors (Lipinski definition) is 0. The van der Waals surface area contributed by atoms with Crippen molar-refractivity contribution in [3.63, 3.8) is 0 Å². The molecule has 1 aliphatic rings. The standard InChI is InChI=1S/C19H18Cl2N4O.2C2H6/c1-3-16(26)25-5-4-15-13(9-25)17-12(11-7-22-10-23-8-11)6-14(20)18(21)19(17)24(15)2;2*1-2/h6-8,10H,3-5,9H2,1-2H3;2*1-2H3. The quantitative estimate of drug-likeness (QED) is 0.462. The van der Waals surface area contributed by atoms with Crippen molar-refractivity contribution in [3.05, 3.63) is 46.1 Å². The van der Waals surface area contributed by atoms with Gasteiger partial charge in [-0.05, 0) is 11.6 Å². The summed E-state index contributed by atoms with van der Waals surface area (Å²) in [6.07, 6.45) is 6.34. The van der Waals surface area contributed by atoms with Crippen molar-refractivity contribution in [2.45, 2.75) is 54.0 Å². The highest BCUT2D eigenvalue weighted by Gasteiger charge is 2.28. The molecule has 1 amide bonds. The Hall–Kier alpha value is -2.11. The maximum Gasteiger partial charge on any atom is 0.222 e. The first-order valence-electron chi connectivity index (χ1n) is 10.5. The van der Waals surface area contributed by atoms with E-state index in [0.717, 1.165) is 40.6 Å². The molecule has 0 spiro atoms. The van der Waals surface area contributed by atoms with E-state index in [1.165, 1.54) is 12.0 Å². The number of benzene rings is 1. The minimum absolute atomic E-state index is 0.164. The van der Waals surface area contributed by atoms with Crippen LogP contribution in [-0.4, -0.2) is 31.9 Å². The molecule has 3 heterocycles. The molecular formula is C23H30Cl2N4O. The molecule has 0 unspecified atom stereocenters. The van der Waals surface area contributed by atoms with Crippen molar-refractivity contribution in [1.29, 1.82) is 0 Å². The second-order valence-electron chi connectivity index (χ2n) is 6.47. The maximum absolute atomic E-state index is 12.2.